The third kappa shape index (κ3) is 5.19. The van der Waals surface area contributed by atoms with Gasteiger partial charge in [0.2, 0.25) is 0 Å². The van der Waals surface area contributed by atoms with Gasteiger partial charge < -0.3 is 9.84 Å². The van der Waals surface area contributed by atoms with Crippen molar-refractivity contribution < 1.29 is 19.5 Å². The average molecular weight is 281 g/mol. The summed E-state index contributed by atoms with van der Waals surface area (Å²) < 4.78 is 5.32. The van der Waals surface area contributed by atoms with Crippen molar-refractivity contribution in [1.82, 2.24) is 5.06 Å². The zero-order chi connectivity index (χ0) is 15.2. The van der Waals surface area contributed by atoms with Crippen molar-refractivity contribution >= 4 is 6.09 Å². The molecule has 0 aliphatic carbocycles. The highest BCUT2D eigenvalue weighted by molar-refractivity contribution is 5.67. The van der Waals surface area contributed by atoms with Crippen LogP contribution in [0.15, 0.2) is 30.3 Å². The van der Waals surface area contributed by atoms with Crippen LogP contribution in [0.2, 0.25) is 0 Å². The maximum atomic E-state index is 12.2. The van der Waals surface area contributed by atoms with Gasteiger partial charge in [-0.2, -0.15) is 5.06 Å². The molecule has 0 fully saturated rings. The highest BCUT2D eigenvalue weighted by atomic mass is 16.7. The summed E-state index contributed by atoms with van der Waals surface area (Å²) in [5, 5.41) is 10.0. The van der Waals surface area contributed by atoms with Crippen LogP contribution >= 0.6 is 0 Å². The van der Waals surface area contributed by atoms with Crippen molar-refractivity contribution in [1.29, 1.82) is 0 Å². The Kier molecular flexibility index (Phi) is 5.98. The molecule has 1 amide bonds. The van der Waals surface area contributed by atoms with E-state index in [4.69, 9.17) is 14.7 Å². The molecule has 0 spiro atoms. The van der Waals surface area contributed by atoms with Crippen LogP contribution in [-0.2, 0) is 9.57 Å². The number of aliphatic hydroxyl groups excluding tert-OH is 1. The van der Waals surface area contributed by atoms with Gasteiger partial charge in [-0.25, -0.2) is 4.79 Å². The Bertz CT molecular complexity index is 414. The number of nitrogens with zero attached hydrogens (tertiary/aromatic N) is 1. The maximum absolute atomic E-state index is 12.2. The predicted molar refractivity (Wildman–Crippen MR) is 76.0 cm³/mol. The average Bonchev–Trinajstić information content (AvgIpc) is 2.38. The Hall–Kier alpha value is -1.59. The minimum Gasteiger partial charge on any atom is -0.442 e. The SMILES string of the molecule is CC(c1ccccc1)N(OCCO)C(=O)OC(C)(C)C. The van der Waals surface area contributed by atoms with Crippen LogP contribution < -0.4 is 0 Å². The van der Waals surface area contributed by atoms with E-state index in [0.29, 0.717) is 0 Å². The number of hydroxylamine groups is 2. The van der Waals surface area contributed by atoms with Crippen LogP contribution in [0.3, 0.4) is 0 Å². The molecule has 20 heavy (non-hydrogen) atoms. The molecule has 1 aromatic rings. The first-order chi connectivity index (χ1) is 9.35. The number of hydrogen-bond donors (Lipinski definition) is 1. The van der Waals surface area contributed by atoms with E-state index >= 15 is 0 Å². The van der Waals surface area contributed by atoms with Crippen LogP contribution in [-0.4, -0.2) is 35.1 Å². The smallest absolute Gasteiger partial charge is 0.435 e. The van der Waals surface area contributed by atoms with Crippen LogP contribution in [0.25, 0.3) is 0 Å². The van der Waals surface area contributed by atoms with Crippen LogP contribution in [0.4, 0.5) is 4.79 Å². The molecular formula is C15H23NO4. The van der Waals surface area contributed by atoms with Gasteiger partial charge >= 0.3 is 6.09 Å². The van der Waals surface area contributed by atoms with Gasteiger partial charge in [-0.05, 0) is 33.3 Å². The molecule has 0 saturated heterocycles. The molecule has 0 aliphatic heterocycles. The van der Waals surface area contributed by atoms with E-state index in [9.17, 15) is 4.79 Å². The van der Waals surface area contributed by atoms with Gasteiger partial charge in [-0.1, -0.05) is 30.3 Å². The molecule has 1 atom stereocenters. The molecular weight excluding hydrogens is 258 g/mol. The number of hydrogen-bond acceptors (Lipinski definition) is 4. The summed E-state index contributed by atoms with van der Waals surface area (Å²) in [5.41, 5.74) is 0.324. The predicted octanol–water partition coefficient (Wildman–Crippen LogP) is 2.91. The number of amides is 1. The molecule has 1 rings (SSSR count). The van der Waals surface area contributed by atoms with Gasteiger partial charge in [0.1, 0.15) is 5.60 Å². The second kappa shape index (κ2) is 7.26. The molecule has 0 radical (unpaired) electrons. The van der Waals surface area contributed by atoms with Crippen molar-refractivity contribution in [2.45, 2.75) is 39.3 Å². The highest BCUT2D eigenvalue weighted by Gasteiger charge is 2.27. The molecule has 1 aromatic carbocycles. The van der Waals surface area contributed by atoms with Crippen molar-refractivity contribution in [3.63, 3.8) is 0 Å². The minimum atomic E-state index is -0.603. The second-order valence-corrected chi connectivity index (χ2v) is 5.45. The molecule has 0 heterocycles. The van der Waals surface area contributed by atoms with E-state index in [0.717, 1.165) is 10.6 Å². The van der Waals surface area contributed by atoms with E-state index in [1.165, 1.54) is 0 Å². The van der Waals surface area contributed by atoms with E-state index in [1.54, 1.807) is 20.8 Å². The lowest BCUT2D eigenvalue weighted by Gasteiger charge is -2.30. The van der Waals surface area contributed by atoms with E-state index < -0.39 is 11.7 Å². The molecule has 5 nitrogen and oxygen atoms in total. The lowest BCUT2D eigenvalue weighted by Crippen LogP contribution is -2.39. The standard InChI is InChI=1S/C15H23NO4/c1-12(13-8-6-5-7-9-13)16(19-11-10-17)14(18)20-15(2,3)4/h5-9,12,17H,10-11H2,1-4H3. The fourth-order valence-corrected chi connectivity index (χ4v) is 1.64. The fraction of sp³-hybridized carbons (Fsp3) is 0.533. The van der Waals surface area contributed by atoms with Gasteiger partial charge in [-0.15, -0.1) is 0 Å². The molecule has 112 valence electrons. The normalized spacial score (nSPS) is 12.8. The quantitative estimate of drug-likeness (QED) is 0.843. The number of carbonyl (C=O) groups is 1. The number of aliphatic hydroxyl groups is 1. The number of benzene rings is 1. The molecule has 0 bridgehead atoms. The first-order valence-electron chi connectivity index (χ1n) is 6.66. The molecule has 0 saturated carbocycles. The molecule has 0 aromatic heterocycles. The van der Waals surface area contributed by atoms with Gasteiger partial charge in [0.25, 0.3) is 0 Å². The van der Waals surface area contributed by atoms with Crippen LogP contribution in [0.5, 0.6) is 0 Å². The Morgan fingerprint density at radius 3 is 2.40 bits per heavy atom. The Labute approximate surface area is 120 Å². The number of carbonyl (C=O) groups excluding carboxylic acids is 1. The topological polar surface area (TPSA) is 59.0 Å². The molecule has 1 N–H and O–H groups in total. The Morgan fingerprint density at radius 2 is 1.90 bits per heavy atom. The third-order valence-corrected chi connectivity index (χ3v) is 2.53. The summed E-state index contributed by atoms with van der Waals surface area (Å²) in [4.78, 5) is 17.5. The summed E-state index contributed by atoms with van der Waals surface area (Å²) >= 11 is 0. The van der Waals surface area contributed by atoms with Gasteiger partial charge in [0, 0.05) is 0 Å². The molecule has 0 aliphatic rings. The summed E-state index contributed by atoms with van der Waals surface area (Å²) in [7, 11) is 0. The third-order valence-electron chi connectivity index (χ3n) is 2.53. The Balaban J connectivity index is 2.85. The van der Waals surface area contributed by atoms with Crippen molar-refractivity contribution in [3.05, 3.63) is 35.9 Å². The molecule has 1 unspecified atom stereocenters. The Morgan fingerprint density at radius 1 is 1.30 bits per heavy atom. The first kappa shape index (κ1) is 16.5. The number of rotatable bonds is 5. The lowest BCUT2D eigenvalue weighted by molar-refractivity contribution is -0.174. The monoisotopic (exact) mass is 281 g/mol. The number of ether oxygens (including phenoxy) is 1. The summed E-state index contributed by atoms with van der Waals surface area (Å²) in [6, 6.07) is 9.20. The summed E-state index contributed by atoms with van der Waals surface area (Å²) in [6.07, 6.45) is -0.567. The molecule has 5 heteroatoms. The highest BCUT2D eigenvalue weighted by Crippen LogP contribution is 2.22. The zero-order valence-electron chi connectivity index (χ0n) is 12.5. The van der Waals surface area contributed by atoms with Crippen molar-refractivity contribution in [2.75, 3.05) is 13.2 Å². The summed E-state index contributed by atoms with van der Waals surface area (Å²) in [6.45, 7) is 7.10. The van der Waals surface area contributed by atoms with Gasteiger partial charge in [-0.3, -0.25) is 4.84 Å². The maximum Gasteiger partial charge on any atom is 0.435 e. The van der Waals surface area contributed by atoms with Crippen LogP contribution in [0.1, 0.15) is 39.3 Å². The van der Waals surface area contributed by atoms with Crippen LogP contribution in [0, 0.1) is 0 Å². The van der Waals surface area contributed by atoms with Gasteiger partial charge in [0.05, 0.1) is 19.3 Å². The van der Waals surface area contributed by atoms with Crippen molar-refractivity contribution in [3.8, 4) is 0 Å². The largest absolute Gasteiger partial charge is 0.442 e. The second-order valence-electron chi connectivity index (χ2n) is 5.45. The van der Waals surface area contributed by atoms with E-state index in [1.807, 2.05) is 37.3 Å². The van der Waals surface area contributed by atoms with Crippen molar-refractivity contribution in [2.24, 2.45) is 0 Å². The lowest BCUT2D eigenvalue weighted by atomic mass is 10.1. The minimum absolute atomic E-state index is 0.0381. The zero-order valence-corrected chi connectivity index (χ0v) is 12.5. The summed E-state index contributed by atoms with van der Waals surface area (Å²) in [5.74, 6) is 0. The first-order valence-corrected chi connectivity index (χ1v) is 6.66. The van der Waals surface area contributed by atoms with E-state index in [-0.39, 0.29) is 19.3 Å². The fourth-order valence-electron chi connectivity index (χ4n) is 1.64. The van der Waals surface area contributed by atoms with Gasteiger partial charge in [0.15, 0.2) is 0 Å². The van der Waals surface area contributed by atoms with E-state index in [2.05, 4.69) is 0 Å².